The van der Waals surface area contributed by atoms with Crippen LogP contribution in [-0.2, 0) is 10.0 Å². The fourth-order valence-electron chi connectivity index (χ4n) is 3.25. The van der Waals surface area contributed by atoms with E-state index < -0.39 is 15.6 Å². The normalized spacial score (nSPS) is 11.2. The van der Waals surface area contributed by atoms with E-state index in [4.69, 9.17) is 16.6 Å². The Bertz CT molecular complexity index is 1490. The number of nitrogens with one attached hydrogen (secondary N) is 3. The SMILES string of the molecule is Cc1ccc(S(=O)(=O)Nc2ccc(NC(=S)Nc3ccc4c(C)cc(=O)oc4c3)cc2)cc1. The van der Waals surface area contributed by atoms with Crippen LogP contribution >= 0.6 is 12.2 Å². The standard InChI is InChI=1S/C24H21N3O4S2/c1-15-3-10-20(11-4-15)33(29,30)27-18-7-5-17(6-8-18)25-24(32)26-19-9-12-21-16(2)13-23(28)31-22(21)14-19/h3-14,27H,1-2H3,(H2,25,26,32). The van der Waals surface area contributed by atoms with E-state index in [9.17, 15) is 13.2 Å². The zero-order chi connectivity index (χ0) is 23.6. The van der Waals surface area contributed by atoms with E-state index in [1.807, 2.05) is 26.0 Å². The van der Waals surface area contributed by atoms with Crippen molar-refractivity contribution in [2.24, 2.45) is 0 Å². The van der Waals surface area contributed by atoms with Gasteiger partial charge in [0.1, 0.15) is 5.58 Å². The highest BCUT2D eigenvalue weighted by Gasteiger charge is 2.13. The van der Waals surface area contributed by atoms with Crippen molar-refractivity contribution in [3.63, 3.8) is 0 Å². The highest BCUT2D eigenvalue weighted by atomic mass is 32.2. The predicted molar refractivity (Wildman–Crippen MR) is 135 cm³/mol. The molecule has 0 aliphatic heterocycles. The summed E-state index contributed by atoms with van der Waals surface area (Å²) in [5.41, 5.74) is 3.66. The molecule has 0 radical (unpaired) electrons. The van der Waals surface area contributed by atoms with Gasteiger partial charge in [0, 0.05) is 34.6 Å². The molecule has 1 aromatic heterocycles. The number of benzene rings is 3. The van der Waals surface area contributed by atoms with Crippen molar-refractivity contribution < 1.29 is 12.8 Å². The summed E-state index contributed by atoms with van der Waals surface area (Å²) in [4.78, 5) is 11.8. The number of rotatable bonds is 5. The molecule has 0 fully saturated rings. The molecule has 0 aliphatic rings. The monoisotopic (exact) mass is 479 g/mol. The van der Waals surface area contributed by atoms with E-state index in [1.54, 1.807) is 54.6 Å². The van der Waals surface area contributed by atoms with E-state index >= 15 is 0 Å². The average molecular weight is 480 g/mol. The van der Waals surface area contributed by atoms with Crippen LogP contribution < -0.4 is 21.0 Å². The van der Waals surface area contributed by atoms with Crippen molar-refractivity contribution in [1.29, 1.82) is 0 Å². The highest BCUT2D eigenvalue weighted by molar-refractivity contribution is 7.92. The van der Waals surface area contributed by atoms with Gasteiger partial charge in [0.25, 0.3) is 10.0 Å². The maximum Gasteiger partial charge on any atom is 0.336 e. The molecule has 0 amide bonds. The number of fused-ring (bicyclic) bond motifs is 1. The van der Waals surface area contributed by atoms with Crippen molar-refractivity contribution in [3.8, 4) is 0 Å². The van der Waals surface area contributed by atoms with Crippen LogP contribution in [0.5, 0.6) is 0 Å². The molecule has 7 nitrogen and oxygen atoms in total. The molecule has 0 unspecified atom stereocenters. The average Bonchev–Trinajstić information content (AvgIpc) is 2.75. The molecule has 0 atom stereocenters. The Labute approximate surface area is 196 Å². The lowest BCUT2D eigenvalue weighted by Gasteiger charge is -2.12. The number of sulfonamides is 1. The first-order valence-electron chi connectivity index (χ1n) is 10.0. The molecular weight excluding hydrogens is 458 g/mol. The predicted octanol–water partition coefficient (Wildman–Crippen LogP) is 5.02. The van der Waals surface area contributed by atoms with Crippen molar-refractivity contribution in [3.05, 3.63) is 94.3 Å². The van der Waals surface area contributed by atoms with Gasteiger partial charge in [-0.15, -0.1) is 0 Å². The first-order chi connectivity index (χ1) is 15.7. The lowest BCUT2D eigenvalue weighted by Crippen LogP contribution is -2.19. The minimum atomic E-state index is -3.67. The maximum atomic E-state index is 12.5. The number of hydrogen-bond acceptors (Lipinski definition) is 5. The van der Waals surface area contributed by atoms with Crippen LogP contribution in [0.15, 0.2) is 86.9 Å². The van der Waals surface area contributed by atoms with E-state index in [1.165, 1.54) is 6.07 Å². The Hall–Kier alpha value is -3.69. The summed E-state index contributed by atoms with van der Waals surface area (Å²) in [7, 11) is -3.67. The lowest BCUT2D eigenvalue weighted by molar-refractivity contribution is 0.560. The molecule has 0 saturated carbocycles. The molecule has 0 spiro atoms. The zero-order valence-electron chi connectivity index (χ0n) is 17.9. The van der Waals surface area contributed by atoms with Gasteiger partial charge < -0.3 is 15.1 Å². The summed E-state index contributed by atoms with van der Waals surface area (Å²) in [5, 5.41) is 7.27. The van der Waals surface area contributed by atoms with Gasteiger partial charge in [0.05, 0.1) is 4.90 Å². The maximum absolute atomic E-state index is 12.5. The minimum absolute atomic E-state index is 0.196. The Morgan fingerprint density at radius 3 is 2.12 bits per heavy atom. The van der Waals surface area contributed by atoms with Gasteiger partial charge in [-0.25, -0.2) is 13.2 Å². The van der Waals surface area contributed by atoms with Gasteiger partial charge in [0.2, 0.25) is 0 Å². The summed E-state index contributed by atoms with van der Waals surface area (Å²) in [6.45, 7) is 3.75. The smallest absolute Gasteiger partial charge is 0.336 e. The van der Waals surface area contributed by atoms with Crippen molar-refractivity contribution in [1.82, 2.24) is 0 Å². The Balaban J connectivity index is 1.41. The summed E-state index contributed by atoms with van der Waals surface area (Å²) >= 11 is 5.36. The van der Waals surface area contributed by atoms with E-state index in [2.05, 4.69) is 15.4 Å². The number of hydrogen-bond donors (Lipinski definition) is 3. The molecule has 168 valence electrons. The van der Waals surface area contributed by atoms with E-state index in [-0.39, 0.29) is 4.90 Å². The molecule has 33 heavy (non-hydrogen) atoms. The number of aryl methyl sites for hydroxylation is 2. The minimum Gasteiger partial charge on any atom is -0.423 e. The van der Waals surface area contributed by atoms with Crippen LogP contribution in [-0.4, -0.2) is 13.5 Å². The molecule has 1 heterocycles. The fraction of sp³-hybridized carbons (Fsp3) is 0.0833. The third kappa shape index (κ3) is 5.39. The van der Waals surface area contributed by atoms with Crippen LogP contribution in [0.4, 0.5) is 17.1 Å². The Kier molecular flexibility index (Phi) is 6.17. The van der Waals surface area contributed by atoms with Gasteiger partial charge in [-0.05, 0) is 80.2 Å². The molecule has 0 saturated heterocycles. The van der Waals surface area contributed by atoms with Gasteiger partial charge in [-0.1, -0.05) is 17.7 Å². The second kappa shape index (κ2) is 9.05. The summed E-state index contributed by atoms with van der Waals surface area (Å²) in [6.07, 6.45) is 0. The third-order valence-corrected chi connectivity index (χ3v) is 6.54. The molecular formula is C24H21N3O4S2. The first kappa shape index (κ1) is 22.5. The number of anilines is 3. The molecule has 4 aromatic rings. The van der Waals surface area contributed by atoms with Crippen LogP contribution in [0.1, 0.15) is 11.1 Å². The molecule has 0 aliphatic carbocycles. The Morgan fingerprint density at radius 1 is 0.818 bits per heavy atom. The Morgan fingerprint density at radius 2 is 1.42 bits per heavy atom. The molecule has 4 rings (SSSR count). The van der Waals surface area contributed by atoms with Crippen LogP contribution in [0.25, 0.3) is 11.0 Å². The van der Waals surface area contributed by atoms with Crippen LogP contribution in [0.2, 0.25) is 0 Å². The largest absolute Gasteiger partial charge is 0.423 e. The first-order valence-corrected chi connectivity index (χ1v) is 11.9. The summed E-state index contributed by atoms with van der Waals surface area (Å²) < 4.78 is 32.9. The quantitative estimate of drug-likeness (QED) is 0.273. The van der Waals surface area contributed by atoms with Crippen LogP contribution in [0.3, 0.4) is 0 Å². The summed E-state index contributed by atoms with van der Waals surface area (Å²) in [5.74, 6) is 0. The highest BCUT2D eigenvalue weighted by Crippen LogP contribution is 2.22. The fourth-order valence-corrected chi connectivity index (χ4v) is 4.54. The summed E-state index contributed by atoms with van der Waals surface area (Å²) in [6, 6.07) is 20.2. The van der Waals surface area contributed by atoms with E-state index in [0.29, 0.717) is 27.8 Å². The van der Waals surface area contributed by atoms with E-state index in [0.717, 1.165) is 16.5 Å². The molecule has 0 bridgehead atoms. The van der Waals surface area contributed by atoms with Crippen molar-refractivity contribution in [2.45, 2.75) is 18.7 Å². The van der Waals surface area contributed by atoms with Gasteiger partial charge in [-0.3, -0.25) is 4.72 Å². The van der Waals surface area contributed by atoms with Gasteiger partial charge in [-0.2, -0.15) is 0 Å². The van der Waals surface area contributed by atoms with Gasteiger partial charge in [0.15, 0.2) is 5.11 Å². The third-order valence-electron chi connectivity index (χ3n) is 4.94. The molecule has 3 N–H and O–H groups in total. The topological polar surface area (TPSA) is 100 Å². The van der Waals surface area contributed by atoms with Crippen molar-refractivity contribution in [2.75, 3.05) is 15.4 Å². The van der Waals surface area contributed by atoms with Gasteiger partial charge >= 0.3 is 5.63 Å². The molecule has 9 heteroatoms. The number of thiocarbonyl (C=S) groups is 1. The zero-order valence-corrected chi connectivity index (χ0v) is 19.5. The molecule has 3 aromatic carbocycles. The van der Waals surface area contributed by atoms with Crippen LogP contribution in [0, 0.1) is 13.8 Å². The van der Waals surface area contributed by atoms with Crippen molar-refractivity contribution >= 4 is 55.4 Å². The second-order valence-electron chi connectivity index (χ2n) is 7.53. The lowest BCUT2D eigenvalue weighted by atomic mass is 10.1. The second-order valence-corrected chi connectivity index (χ2v) is 9.63.